The normalized spacial score (nSPS) is 17.1. The number of rotatable bonds is 16. The van der Waals surface area contributed by atoms with Crippen molar-refractivity contribution in [1.82, 2.24) is 0 Å². The first-order valence-electron chi connectivity index (χ1n) is 13.9. The molecule has 1 aliphatic heterocycles. The van der Waals surface area contributed by atoms with Crippen LogP contribution < -0.4 is 9.47 Å². The summed E-state index contributed by atoms with van der Waals surface area (Å²) in [4.78, 5) is 24.9. The number of benzene rings is 2. The largest absolute Gasteiger partial charge is 0.494 e. The van der Waals surface area contributed by atoms with Crippen molar-refractivity contribution in [3.63, 3.8) is 0 Å². The van der Waals surface area contributed by atoms with Gasteiger partial charge in [-0.1, -0.05) is 77.3 Å². The van der Waals surface area contributed by atoms with Crippen molar-refractivity contribution in [2.24, 2.45) is 0 Å². The number of carbonyl (C=O) groups excluding carboxylic acids is 2. The van der Waals surface area contributed by atoms with E-state index in [2.05, 4.69) is 13.8 Å². The molecule has 2 aromatic rings. The van der Waals surface area contributed by atoms with E-state index in [1.54, 1.807) is 36.4 Å². The molecule has 1 heterocycles. The van der Waals surface area contributed by atoms with Crippen molar-refractivity contribution in [3.8, 4) is 11.5 Å². The Bertz CT molecular complexity index is 919. The van der Waals surface area contributed by atoms with Gasteiger partial charge in [0.25, 0.3) is 0 Å². The summed E-state index contributed by atoms with van der Waals surface area (Å²) in [5.74, 6) is 0.401. The van der Waals surface area contributed by atoms with E-state index in [0.29, 0.717) is 17.9 Å². The van der Waals surface area contributed by atoms with E-state index >= 15 is 0 Å². The molecule has 1 saturated heterocycles. The molecule has 1 aliphatic rings. The number of carbonyl (C=O) groups is 2. The molecule has 0 aliphatic carbocycles. The van der Waals surface area contributed by atoms with Gasteiger partial charge in [0.2, 0.25) is 0 Å². The van der Waals surface area contributed by atoms with Gasteiger partial charge in [0, 0.05) is 6.42 Å². The summed E-state index contributed by atoms with van der Waals surface area (Å²) >= 11 is 0. The Kier molecular flexibility index (Phi) is 11.8. The fourth-order valence-electron chi connectivity index (χ4n) is 4.60. The lowest BCUT2D eigenvalue weighted by atomic mass is 9.94. The van der Waals surface area contributed by atoms with Gasteiger partial charge in [-0.05, 0) is 61.2 Å². The van der Waals surface area contributed by atoms with Gasteiger partial charge in [0.05, 0.1) is 18.1 Å². The van der Waals surface area contributed by atoms with E-state index in [1.807, 2.05) is 12.1 Å². The summed E-state index contributed by atoms with van der Waals surface area (Å²) < 4.78 is 16.9. The van der Waals surface area contributed by atoms with E-state index in [-0.39, 0.29) is 18.0 Å². The highest BCUT2D eigenvalue weighted by Crippen LogP contribution is 2.34. The van der Waals surface area contributed by atoms with E-state index in [9.17, 15) is 9.59 Å². The summed E-state index contributed by atoms with van der Waals surface area (Å²) in [7, 11) is 0. The number of unbranched alkanes of at least 4 members (excludes halogenated alkanes) is 8. The van der Waals surface area contributed by atoms with Crippen molar-refractivity contribution in [2.45, 2.75) is 103 Å². The van der Waals surface area contributed by atoms with Crippen molar-refractivity contribution in [1.29, 1.82) is 0 Å². The van der Waals surface area contributed by atoms with Crippen LogP contribution in [0.15, 0.2) is 48.5 Å². The Morgan fingerprint density at radius 1 is 0.806 bits per heavy atom. The second kappa shape index (κ2) is 15.3. The summed E-state index contributed by atoms with van der Waals surface area (Å²) in [6, 6.07) is 14.3. The highest BCUT2D eigenvalue weighted by molar-refractivity contribution is 5.91. The lowest BCUT2D eigenvalue weighted by molar-refractivity contribution is -0.142. The molecule has 196 valence electrons. The first-order chi connectivity index (χ1) is 17.6. The van der Waals surface area contributed by atoms with Crippen molar-refractivity contribution < 1.29 is 23.8 Å². The van der Waals surface area contributed by atoms with Gasteiger partial charge < -0.3 is 14.2 Å². The molecule has 0 unspecified atom stereocenters. The van der Waals surface area contributed by atoms with Crippen molar-refractivity contribution in [2.75, 3.05) is 6.61 Å². The van der Waals surface area contributed by atoms with E-state index in [1.165, 1.54) is 51.4 Å². The summed E-state index contributed by atoms with van der Waals surface area (Å²) in [6.45, 7) is 5.10. The van der Waals surface area contributed by atoms with Crippen LogP contribution >= 0.6 is 0 Å². The molecule has 0 saturated carbocycles. The third-order valence-electron chi connectivity index (χ3n) is 6.80. The summed E-state index contributed by atoms with van der Waals surface area (Å²) in [6.07, 6.45) is 13.7. The van der Waals surface area contributed by atoms with Gasteiger partial charge in [0.15, 0.2) is 0 Å². The van der Waals surface area contributed by atoms with Gasteiger partial charge in [0.1, 0.15) is 17.6 Å². The fourth-order valence-corrected chi connectivity index (χ4v) is 4.60. The zero-order valence-corrected chi connectivity index (χ0v) is 22.0. The topological polar surface area (TPSA) is 61.8 Å². The van der Waals surface area contributed by atoms with Crippen LogP contribution in [0.2, 0.25) is 0 Å². The quantitative estimate of drug-likeness (QED) is 0.134. The third kappa shape index (κ3) is 9.00. The summed E-state index contributed by atoms with van der Waals surface area (Å²) in [5.41, 5.74) is 1.37. The number of hydrogen-bond acceptors (Lipinski definition) is 5. The Hall–Kier alpha value is -2.82. The van der Waals surface area contributed by atoms with Crippen LogP contribution in [0.5, 0.6) is 11.5 Å². The molecule has 5 heteroatoms. The summed E-state index contributed by atoms with van der Waals surface area (Å²) in [5, 5.41) is 0. The van der Waals surface area contributed by atoms with E-state index < -0.39 is 5.97 Å². The minimum absolute atomic E-state index is 0.00889. The molecule has 36 heavy (non-hydrogen) atoms. The smallest absolute Gasteiger partial charge is 0.343 e. The highest BCUT2D eigenvalue weighted by Gasteiger charge is 2.35. The van der Waals surface area contributed by atoms with Gasteiger partial charge in [-0.15, -0.1) is 0 Å². The molecule has 0 aromatic heterocycles. The minimum atomic E-state index is -0.419. The second-order valence-corrected chi connectivity index (χ2v) is 9.80. The van der Waals surface area contributed by atoms with Crippen LogP contribution in [-0.2, 0) is 9.53 Å². The zero-order chi connectivity index (χ0) is 25.6. The SMILES string of the molecule is CCCCCCCCOc1ccc(C(=O)Oc2ccc([C@H]3C[C@@H](CCCCCC)OC3=O)cc2)cc1. The number of esters is 2. The van der Waals surface area contributed by atoms with Crippen LogP contribution in [0.1, 0.15) is 113 Å². The predicted octanol–water partition coefficient (Wildman–Crippen LogP) is 8.01. The molecule has 0 bridgehead atoms. The molecule has 0 amide bonds. The van der Waals surface area contributed by atoms with Crippen LogP contribution in [0.4, 0.5) is 0 Å². The first-order valence-corrected chi connectivity index (χ1v) is 13.9. The number of hydrogen-bond donors (Lipinski definition) is 0. The second-order valence-electron chi connectivity index (χ2n) is 9.80. The Morgan fingerprint density at radius 2 is 1.42 bits per heavy atom. The van der Waals surface area contributed by atoms with E-state index in [0.717, 1.165) is 37.0 Å². The molecule has 0 N–H and O–H groups in total. The molecule has 2 atom stereocenters. The Labute approximate surface area is 216 Å². The van der Waals surface area contributed by atoms with Gasteiger partial charge >= 0.3 is 11.9 Å². The molecule has 0 spiro atoms. The highest BCUT2D eigenvalue weighted by atomic mass is 16.6. The van der Waals surface area contributed by atoms with Crippen molar-refractivity contribution >= 4 is 11.9 Å². The lowest BCUT2D eigenvalue weighted by Crippen LogP contribution is -2.09. The average Bonchev–Trinajstić information content (AvgIpc) is 3.27. The Balaban J connectivity index is 1.42. The Morgan fingerprint density at radius 3 is 2.11 bits per heavy atom. The predicted molar refractivity (Wildman–Crippen MR) is 143 cm³/mol. The van der Waals surface area contributed by atoms with Crippen LogP contribution in [0.3, 0.4) is 0 Å². The molecule has 1 fully saturated rings. The number of cyclic esters (lactones) is 1. The standard InChI is InChI=1S/C31H42O5/c1-3-5-7-9-10-12-22-34-26-18-16-25(17-19-26)30(32)35-27-20-14-24(15-21-27)29-23-28(36-31(29)33)13-11-8-6-4-2/h14-21,28-29H,3-13,22-23H2,1-2H3/t28-,29-/m1/s1. The monoisotopic (exact) mass is 494 g/mol. The number of ether oxygens (including phenoxy) is 3. The maximum atomic E-state index is 12.6. The minimum Gasteiger partial charge on any atom is -0.494 e. The fraction of sp³-hybridized carbons (Fsp3) is 0.548. The van der Waals surface area contributed by atoms with E-state index in [4.69, 9.17) is 14.2 Å². The van der Waals surface area contributed by atoms with Crippen LogP contribution in [0.25, 0.3) is 0 Å². The molecular formula is C31H42O5. The maximum Gasteiger partial charge on any atom is 0.343 e. The van der Waals surface area contributed by atoms with Crippen LogP contribution in [0, 0.1) is 0 Å². The lowest BCUT2D eigenvalue weighted by Gasteiger charge is -2.09. The maximum absolute atomic E-state index is 12.6. The molecule has 2 aromatic carbocycles. The molecule has 0 radical (unpaired) electrons. The first kappa shape index (κ1) is 27.8. The van der Waals surface area contributed by atoms with Gasteiger partial charge in [-0.25, -0.2) is 4.79 Å². The van der Waals surface area contributed by atoms with Gasteiger partial charge in [-0.3, -0.25) is 4.79 Å². The van der Waals surface area contributed by atoms with Crippen molar-refractivity contribution in [3.05, 3.63) is 59.7 Å². The van der Waals surface area contributed by atoms with Gasteiger partial charge in [-0.2, -0.15) is 0 Å². The van der Waals surface area contributed by atoms with Crippen LogP contribution in [-0.4, -0.2) is 24.6 Å². The molecule has 3 rings (SSSR count). The molecule has 5 nitrogen and oxygen atoms in total. The third-order valence-corrected chi connectivity index (χ3v) is 6.80. The molecular weight excluding hydrogens is 452 g/mol. The zero-order valence-electron chi connectivity index (χ0n) is 22.0. The average molecular weight is 495 g/mol.